The lowest BCUT2D eigenvalue weighted by Crippen LogP contribution is -2.27. The minimum absolute atomic E-state index is 0.0582. The number of rotatable bonds is 5. The van der Waals surface area contributed by atoms with E-state index < -0.39 is 10.0 Å². The topological polar surface area (TPSA) is 72.2 Å². The SMILES string of the molecule is CN[C@H]1CC[C@@H](c2ccc(Cl)c(Cl)c2)c2cccc(CCS(N)(=O)=O)c21. The first-order valence-electron chi connectivity index (χ1n) is 8.54. The molecule has 26 heavy (non-hydrogen) atoms. The third-order valence-electron chi connectivity index (χ3n) is 5.05. The van der Waals surface area contributed by atoms with Gasteiger partial charge in [-0.25, -0.2) is 13.6 Å². The normalized spacial score (nSPS) is 20.0. The zero-order chi connectivity index (χ0) is 18.9. The van der Waals surface area contributed by atoms with Crippen molar-refractivity contribution in [2.45, 2.75) is 31.2 Å². The third-order valence-corrected chi connectivity index (χ3v) is 6.56. The van der Waals surface area contributed by atoms with Crippen LogP contribution in [0.25, 0.3) is 0 Å². The molecule has 0 saturated carbocycles. The van der Waals surface area contributed by atoms with Crippen LogP contribution in [0.4, 0.5) is 0 Å². The van der Waals surface area contributed by atoms with Crippen molar-refractivity contribution in [1.82, 2.24) is 5.32 Å². The van der Waals surface area contributed by atoms with E-state index in [1.807, 2.05) is 37.4 Å². The van der Waals surface area contributed by atoms with E-state index in [1.54, 1.807) is 0 Å². The first-order chi connectivity index (χ1) is 12.3. The fraction of sp³-hybridized carbons (Fsp3) is 0.368. The lowest BCUT2D eigenvalue weighted by molar-refractivity contribution is 0.467. The van der Waals surface area contributed by atoms with Gasteiger partial charge in [-0.1, -0.05) is 47.5 Å². The van der Waals surface area contributed by atoms with E-state index in [0.29, 0.717) is 16.5 Å². The van der Waals surface area contributed by atoms with Gasteiger partial charge in [0.1, 0.15) is 0 Å². The first kappa shape index (κ1) is 19.6. The molecule has 3 N–H and O–H groups in total. The highest BCUT2D eigenvalue weighted by molar-refractivity contribution is 7.89. The Hall–Kier alpha value is -1.11. The molecule has 4 nitrogen and oxygen atoms in total. The molecule has 0 aliphatic heterocycles. The summed E-state index contributed by atoms with van der Waals surface area (Å²) in [5.74, 6) is 0.149. The summed E-state index contributed by atoms with van der Waals surface area (Å²) in [6.45, 7) is 0. The number of benzene rings is 2. The fourth-order valence-corrected chi connectivity index (χ4v) is 4.64. The molecule has 2 aromatic carbocycles. The molecule has 1 aliphatic carbocycles. The smallest absolute Gasteiger partial charge is 0.209 e. The number of nitrogens with two attached hydrogens (primary N) is 1. The average Bonchev–Trinajstić information content (AvgIpc) is 2.60. The number of nitrogens with one attached hydrogen (secondary N) is 1. The molecule has 7 heteroatoms. The van der Waals surface area contributed by atoms with Gasteiger partial charge in [0.05, 0.1) is 15.8 Å². The highest BCUT2D eigenvalue weighted by atomic mass is 35.5. The van der Waals surface area contributed by atoms with Crippen molar-refractivity contribution in [2.24, 2.45) is 5.14 Å². The lowest BCUT2D eigenvalue weighted by atomic mass is 9.75. The molecule has 3 rings (SSSR count). The standard InChI is InChI=1S/C19H22Cl2N2O2S/c1-23-18-8-6-14(13-5-7-16(20)17(21)11-13)15-4-2-3-12(19(15)18)9-10-26(22,24)25/h2-5,7,11,14,18,23H,6,8-10H2,1H3,(H2,22,24,25)/t14-,18-/m0/s1. The molecule has 0 radical (unpaired) electrons. The Balaban J connectivity index is 2.05. The molecule has 2 aromatic rings. The van der Waals surface area contributed by atoms with Crippen LogP contribution in [0.3, 0.4) is 0 Å². The van der Waals surface area contributed by atoms with Crippen molar-refractivity contribution in [3.05, 3.63) is 68.7 Å². The minimum Gasteiger partial charge on any atom is -0.313 e. The molecule has 0 fully saturated rings. The van der Waals surface area contributed by atoms with Gasteiger partial charge in [-0.2, -0.15) is 0 Å². The molecule has 0 bridgehead atoms. The molecule has 0 spiro atoms. The number of sulfonamides is 1. The highest BCUT2D eigenvalue weighted by Crippen LogP contribution is 2.43. The average molecular weight is 413 g/mol. The molecule has 0 aromatic heterocycles. The highest BCUT2D eigenvalue weighted by Gasteiger charge is 2.29. The maximum atomic E-state index is 11.4. The molecule has 1 aliphatic rings. The van der Waals surface area contributed by atoms with Crippen LogP contribution in [0.1, 0.15) is 47.1 Å². The lowest BCUT2D eigenvalue weighted by Gasteiger charge is -2.34. The van der Waals surface area contributed by atoms with Gasteiger partial charge in [0.2, 0.25) is 10.0 Å². The van der Waals surface area contributed by atoms with Crippen LogP contribution in [0.5, 0.6) is 0 Å². The second kappa shape index (κ2) is 7.87. The molecule has 2 atom stereocenters. The van der Waals surface area contributed by atoms with E-state index in [2.05, 4.69) is 11.4 Å². The van der Waals surface area contributed by atoms with Crippen molar-refractivity contribution in [3.8, 4) is 0 Å². The van der Waals surface area contributed by atoms with Crippen LogP contribution in [0.15, 0.2) is 36.4 Å². The molecule has 0 unspecified atom stereocenters. The van der Waals surface area contributed by atoms with Crippen molar-refractivity contribution in [3.63, 3.8) is 0 Å². The van der Waals surface area contributed by atoms with Gasteiger partial charge in [-0.15, -0.1) is 0 Å². The Morgan fingerprint density at radius 3 is 2.58 bits per heavy atom. The number of hydrogen-bond acceptors (Lipinski definition) is 3. The predicted octanol–water partition coefficient (Wildman–Crippen LogP) is 4.01. The van der Waals surface area contributed by atoms with Crippen LogP contribution in [0.2, 0.25) is 10.0 Å². The number of primary sulfonamides is 1. The van der Waals surface area contributed by atoms with Gasteiger partial charge in [0.15, 0.2) is 0 Å². The molecular formula is C19H22Cl2N2O2S. The van der Waals surface area contributed by atoms with Gasteiger partial charge in [0, 0.05) is 12.0 Å². The summed E-state index contributed by atoms with van der Waals surface area (Å²) in [4.78, 5) is 0. The fourth-order valence-electron chi connectivity index (χ4n) is 3.83. The Morgan fingerprint density at radius 1 is 1.15 bits per heavy atom. The summed E-state index contributed by atoms with van der Waals surface area (Å²) in [6.07, 6.45) is 2.35. The van der Waals surface area contributed by atoms with Gasteiger partial charge in [-0.3, -0.25) is 0 Å². The van der Waals surface area contributed by atoms with Gasteiger partial charge in [0.25, 0.3) is 0 Å². The summed E-state index contributed by atoms with van der Waals surface area (Å²) < 4.78 is 22.8. The largest absolute Gasteiger partial charge is 0.313 e. The van der Waals surface area contributed by atoms with Crippen molar-refractivity contribution >= 4 is 33.2 Å². The molecule has 0 amide bonds. The van der Waals surface area contributed by atoms with E-state index >= 15 is 0 Å². The molecule has 0 saturated heterocycles. The van der Waals surface area contributed by atoms with Crippen molar-refractivity contribution in [2.75, 3.05) is 12.8 Å². The van der Waals surface area contributed by atoms with Gasteiger partial charge >= 0.3 is 0 Å². The van der Waals surface area contributed by atoms with E-state index in [1.165, 1.54) is 11.1 Å². The number of hydrogen-bond donors (Lipinski definition) is 2. The Bertz CT molecular complexity index is 916. The van der Waals surface area contributed by atoms with Crippen molar-refractivity contribution < 1.29 is 8.42 Å². The van der Waals surface area contributed by atoms with Gasteiger partial charge < -0.3 is 5.32 Å². The van der Waals surface area contributed by atoms with E-state index in [-0.39, 0.29) is 17.7 Å². The number of fused-ring (bicyclic) bond motifs is 1. The van der Waals surface area contributed by atoms with Crippen LogP contribution in [-0.4, -0.2) is 21.2 Å². The predicted molar refractivity (Wildman–Crippen MR) is 107 cm³/mol. The number of halogens is 2. The zero-order valence-corrected chi connectivity index (χ0v) is 16.8. The zero-order valence-electron chi connectivity index (χ0n) is 14.5. The maximum Gasteiger partial charge on any atom is 0.209 e. The maximum absolute atomic E-state index is 11.4. The third kappa shape index (κ3) is 4.24. The Morgan fingerprint density at radius 2 is 1.92 bits per heavy atom. The van der Waals surface area contributed by atoms with Crippen LogP contribution < -0.4 is 10.5 Å². The summed E-state index contributed by atoms with van der Waals surface area (Å²) in [6, 6.07) is 12.1. The minimum atomic E-state index is -3.50. The second-order valence-electron chi connectivity index (χ2n) is 6.68. The Labute approximate surface area is 164 Å². The molecule has 0 heterocycles. The van der Waals surface area contributed by atoms with Crippen LogP contribution in [-0.2, 0) is 16.4 Å². The summed E-state index contributed by atoms with van der Waals surface area (Å²) in [5, 5.41) is 9.66. The quantitative estimate of drug-likeness (QED) is 0.778. The van der Waals surface area contributed by atoms with Crippen LogP contribution in [0, 0.1) is 0 Å². The van der Waals surface area contributed by atoms with E-state index in [9.17, 15) is 8.42 Å². The van der Waals surface area contributed by atoms with Crippen LogP contribution >= 0.6 is 23.2 Å². The summed E-state index contributed by atoms with van der Waals surface area (Å²) in [5.41, 5.74) is 4.54. The second-order valence-corrected chi connectivity index (χ2v) is 9.23. The molecule has 140 valence electrons. The van der Waals surface area contributed by atoms with E-state index in [0.717, 1.165) is 24.0 Å². The van der Waals surface area contributed by atoms with Crippen molar-refractivity contribution in [1.29, 1.82) is 0 Å². The summed E-state index contributed by atoms with van der Waals surface area (Å²) >= 11 is 12.3. The monoisotopic (exact) mass is 412 g/mol. The first-order valence-corrected chi connectivity index (χ1v) is 11.0. The summed E-state index contributed by atoms with van der Waals surface area (Å²) in [7, 11) is -1.57. The Kier molecular flexibility index (Phi) is 5.94. The van der Waals surface area contributed by atoms with E-state index in [4.69, 9.17) is 28.3 Å². The van der Waals surface area contributed by atoms with Gasteiger partial charge in [-0.05, 0) is 60.7 Å². The molecular weight excluding hydrogens is 391 g/mol. The number of aryl methyl sites for hydroxylation is 1.